The molecule has 12 nitrogen and oxygen atoms in total. The SMILES string of the molecule is O=[N+]([O-])c1cc(S(=O)(=O)Nc2ncnc3cc(N4CCN(Cc5cc(Cl)ccc5-c5ccccc5)CC4)ccc23)ccc1N[C@H](CCNCC(F)F)CSc1ccccc1. The molecule has 1 aliphatic rings. The highest BCUT2D eigenvalue weighted by Crippen LogP contribution is 2.33. The molecule has 1 atom stereocenters. The fraction of sp³-hybridized carbons (Fsp3) is 0.256. The highest BCUT2D eigenvalue weighted by molar-refractivity contribution is 7.99. The van der Waals surface area contributed by atoms with Crippen molar-refractivity contribution in [2.75, 3.05) is 60.0 Å². The first-order valence-corrected chi connectivity index (χ1v) is 22.2. The molecule has 1 fully saturated rings. The Balaban J connectivity index is 1.02. The van der Waals surface area contributed by atoms with Crippen LogP contribution >= 0.6 is 23.4 Å². The summed E-state index contributed by atoms with van der Waals surface area (Å²) in [4.78, 5) is 25.6. The quantitative estimate of drug-likeness (QED) is 0.0330. The van der Waals surface area contributed by atoms with E-state index in [9.17, 15) is 27.3 Å². The van der Waals surface area contributed by atoms with E-state index in [1.54, 1.807) is 6.07 Å². The van der Waals surface area contributed by atoms with Crippen LogP contribution in [0.2, 0.25) is 5.02 Å². The predicted octanol–water partition coefficient (Wildman–Crippen LogP) is 8.80. The molecule has 0 saturated carbocycles. The van der Waals surface area contributed by atoms with Crippen LogP contribution in [0.15, 0.2) is 131 Å². The number of nitrogens with zero attached hydrogens (tertiary/aromatic N) is 5. The minimum absolute atomic E-state index is 0.0336. The van der Waals surface area contributed by atoms with Gasteiger partial charge in [-0.25, -0.2) is 27.2 Å². The average molecular weight is 873 g/mol. The van der Waals surface area contributed by atoms with Crippen LogP contribution in [0.5, 0.6) is 0 Å². The fourth-order valence-corrected chi connectivity index (χ4v) is 9.31. The van der Waals surface area contributed by atoms with E-state index in [2.05, 4.69) is 53.3 Å². The molecule has 5 aromatic carbocycles. The molecule has 7 rings (SSSR count). The molecular weight excluding hydrogens is 830 g/mol. The summed E-state index contributed by atoms with van der Waals surface area (Å²) in [5.41, 5.74) is 4.59. The van der Waals surface area contributed by atoms with Gasteiger partial charge in [-0.2, -0.15) is 0 Å². The second kappa shape index (κ2) is 19.8. The van der Waals surface area contributed by atoms with Crippen molar-refractivity contribution in [2.24, 2.45) is 0 Å². The van der Waals surface area contributed by atoms with Gasteiger partial charge in [-0.05, 0) is 84.3 Å². The van der Waals surface area contributed by atoms with E-state index in [0.29, 0.717) is 28.1 Å². The van der Waals surface area contributed by atoms with E-state index in [-0.39, 0.29) is 29.0 Å². The molecule has 0 spiro atoms. The number of benzene rings is 5. The number of nitro groups is 1. The van der Waals surface area contributed by atoms with Crippen molar-refractivity contribution in [2.45, 2.75) is 35.2 Å². The van der Waals surface area contributed by atoms with Gasteiger partial charge in [0.25, 0.3) is 22.1 Å². The molecule has 1 aromatic heterocycles. The van der Waals surface area contributed by atoms with E-state index < -0.39 is 33.6 Å². The first kappa shape index (κ1) is 42.7. The highest BCUT2D eigenvalue weighted by Gasteiger charge is 2.25. The molecule has 2 heterocycles. The van der Waals surface area contributed by atoms with Crippen LogP contribution in [-0.4, -0.2) is 85.7 Å². The van der Waals surface area contributed by atoms with Crippen molar-refractivity contribution in [1.82, 2.24) is 20.2 Å². The van der Waals surface area contributed by atoms with Crippen molar-refractivity contribution in [3.05, 3.63) is 142 Å². The van der Waals surface area contributed by atoms with Gasteiger partial charge in [0.2, 0.25) is 0 Å². The minimum atomic E-state index is -4.35. The standard InChI is InChI=1S/C43H43ClF2N8O4S2/c44-32-11-14-37(30-7-3-1-4-8-30)31(23-32)27-52-19-21-53(22-20-52)34-12-15-38-40(24-34)48-29-49-43(38)51-60(57,58)36-13-16-39(41(25-36)54(55)56)50-33(17-18-47-26-42(45)46)28-59-35-9-5-2-6-10-35/h1-16,23-25,29,33,42,47,50H,17-22,26-28H2,(H,48,49,51)/t33-/m1/s1. The normalized spacial score (nSPS) is 14.0. The lowest BCUT2D eigenvalue weighted by molar-refractivity contribution is -0.384. The molecule has 6 aromatic rings. The number of rotatable bonds is 18. The lowest BCUT2D eigenvalue weighted by Crippen LogP contribution is -2.46. The lowest BCUT2D eigenvalue weighted by Gasteiger charge is -2.36. The van der Waals surface area contributed by atoms with Gasteiger partial charge in [0, 0.05) is 71.6 Å². The lowest BCUT2D eigenvalue weighted by atomic mass is 9.99. The molecule has 0 aliphatic carbocycles. The zero-order valence-electron chi connectivity index (χ0n) is 32.4. The Morgan fingerprint density at radius 1 is 0.883 bits per heavy atom. The van der Waals surface area contributed by atoms with Gasteiger partial charge < -0.3 is 15.5 Å². The number of hydrogen-bond donors (Lipinski definition) is 3. The Morgan fingerprint density at radius 2 is 1.63 bits per heavy atom. The summed E-state index contributed by atoms with van der Waals surface area (Å²) in [6, 6.07) is 34.6. The Bertz CT molecular complexity index is 2520. The van der Waals surface area contributed by atoms with Crippen molar-refractivity contribution in [3.8, 4) is 11.1 Å². The van der Waals surface area contributed by atoms with Crippen molar-refractivity contribution in [1.29, 1.82) is 0 Å². The van der Waals surface area contributed by atoms with E-state index in [4.69, 9.17) is 11.6 Å². The third-order valence-corrected chi connectivity index (χ3v) is 12.9. The molecule has 60 heavy (non-hydrogen) atoms. The number of anilines is 3. The van der Waals surface area contributed by atoms with Gasteiger partial charge in [0.1, 0.15) is 12.0 Å². The Kier molecular flexibility index (Phi) is 14.1. The van der Waals surface area contributed by atoms with Gasteiger partial charge in [-0.3, -0.25) is 19.7 Å². The summed E-state index contributed by atoms with van der Waals surface area (Å²) in [5.74, 6) is 0.504. The smallest absolute Gasteiger partial charge is 0.293 e. The van der Waals surface area contributed by atoms with Crippen LogP contribution in [0.25, 0.3) is 22.0 Å². The van der Waals surface area contributed by atoms with Crippen LogP contribution in [0.3, 0.4) is 0 Å². The fourth-order valence-electron chi connectivity index (χ4n) is 7.08. The number of halogens is 3. The second-order valence-electron chi connectivity index (χ2n) is 14.2. The van der Waals surface area contributed by atoms with Crippen molar-refractivity contribution < 1.29 is 22.1 Å². The van der Waals surface area contributed by atoms with Crippen LogP contribution in [-0.2, 0) is 16.6 Å². The predicted molar refractivity (Wildman–Crippen MR) is 236 cm³/mol. The summed E-state index contributed by atoms with van der Waals surface area (Å²) in [6.07, 6.45) is -0.855. The van der Waals surface area contributed by atoms with Crippen molar-refractivity contribution in [3.63, 3.8) is 0 Å². The van der Waals surface area contributed by atoms with Crippen LogP contribution in [0.4, 0.5) is 31.7 Å². The number of alkyl halides is 2. The Hall–Kier alpha value is -5.39. The molecule has 1 saturated heterocycles. The Labute approximate surface area is 356 Å². The number of sulfonamides is 1. The maximum absolute atomic E-state index is 13.7. The summed E-state index contributed by atoms with van der Waals surface area (Å²) in [5, 5.41) is 19.3. The van der Waals surface area contributed by atoms with E-state index >= 15 is 0 Å². The molecule has 0 radical (unpaired) electrons. The number of nitro benzene ring substituents is 1. The monoisotopic (exact) mass is 872 g/mol. The molecule has 0 amide bonds. The first-order valence-electron chi connectivity index (χ1n) is 19.3. The average Bonchev–Trinajstić information content (AvgIpc) is 3.25. The third kappa shape index (κ3) is 11.1. The number of hydrogen-bond acceptors (Lipinski definition) is 11. The third-order valence-electron chi connectivity index (χ3n) is 10.1. The van der Waals surface area contributed by atoms with Crippen LogP contribution in [0.1, 0.15) is 12.0 Å². The zero-order chi connectivity index (χ0) is 42.1. The van der Waals surface area contributed by atoms with Gasteiger partial charge in [0.15, 0.2) is 5.82 Å². The minimum Gasteiger partial charge on any atom is -0.376 e. The second-order valence-corrected chi connectivity index (χ2v) is 17.5. The summed E-state index contributed by atoms with van der Waals surface area (Å²) >= 11 is 7.93. The van der Waals surface area contributed by atoms with E-state index in [1.165, 1.54) is 35.8 Å². The molecule has 0 bridgehead atoms. The Morgan fingerprint density at radius 3 is 2.37 bits per heavy atom. The summed E-state index contributed by atoms with van der Waals surface area (Å²) < 4.78 is 55.5. The number of piperazine rings is 1. The maximum Gasteiger partial charge on any atom is 0.293 e. The van der Waals surface area contributed by atoms with Crippen LogP contribution < -0.4 is 20.3 Å². The number of nitrogens with one attached hydrogen (secondary N) is 3. The van der Waals surface area contributed by atoms with Gasteiger partial charge >= 0.3 is 0 Å². The molecule has 3 N–H and O–H groups in total. The molecule has 1 aliphatic heterocycles. The van der Waals surface area contributed by atoms with Gasteiger partial charge in [-0.15, -0.1) is 11.8 Å². The van der Waals surface area contributed by atoms with Gasteiger partial charge in [0.05, 0.1) is 21.9 Å². The van der Waals surface area contributed by atoms with Gasteiger partial charge in [-0.1, -0.05) is 66.2 Å². The number of aromatic nitrogens is 2. The molecular formula is C43H43ClF2N8O4S2. The highest BCUT2D eigenvalue weighted by atomic mass is 35.5. The number of thioether (sulfide) groups is 1. The summed E-state index contributed by atoms with van der Waals surface area (Å²) in [7, 11) is -4.35. The zero-order valence-corrected chi connectivity index (χ0v) is 34.8. The largest absolute Gasteiger partial charge is 0.376 e. The summed E-state index contributed by atoms with van der Waals surface area (Å²) in [6.45, 7) is 3.70. The molecule has 17 heteroatoms. The first-order chi connectivity index (χ1) is 29.0. The molecule has 312 valence electrons. The maximum atomic E-state index is 13.7. The number of fused-ring (bicyclic) bond motifs is 1. The van der Waals surface area contributed by atoms with E-state index in [0.717, 1.165) is 60.5 Å². The van der Waals surface area contributed by atoms with Crippen LogP contribution in [0, 0.1) is 10.1 Å². The van der Waals surface area contributed by atoms with E-state index in [1.807, 2.05) is 72.8 Å². The molecule has 0 unspecified atom stereocenters. The van der Waals surface area contributed by atoms with Crippen molar-refractivity contribution >= 4 is 67.2 Å². The topological polar surface area (TPSA) is 146 Å².